The summed E-state index contributed by atoms with van der Waals surface area (Å²) in [6, 6.07) is 47.9. The van der Waals surface area contributed by atoms with Crippen molar-refractivity contribution in [2.75, 3.05) is 11.9 Å². The van der Waals surface area contributed by atoms with Crippen molar-refractivity contribution in [3.05, 3.63) is 192 Å². The largest absolute Gasteiger partial charge is 0.381 e. The molecule has 0 radical (unpaired) electrons. The van der Waals surface area contributed by atoms with Crippen LogP contribution in [0.5, 0.6) is 0 Å². The molecule has 2 aliphatic heterocycles. The SMILES string of the molecule is C1=Cc2cccc(-c3cc(-c4ccc5ccc(-c6ccc7c(c6)=NC(C6C=C(c8ccccn8)C=CC6)CC=7)nc5c4)cc(-c4cccc5cccnc45)c3)c2NC1. The van der Waals surface area contributed by atoms with Gasteiger partial charge in [0.2, 0.25) is 0 Å². The van der Waals surface area contributed by atoms with Gasteiger partial charge in [-0.15, -0.1) is 0 Å². The fourth-order valence-electron chi connectivity index (χ4n) is 8.81. The van der Waals surface area contributed by atoms with Crippen LogP contribution in [-0.2, 0) is 0 Å². The highest BCUT2D eigenvalue weighted by molar-refractivity contribution is 5.97. The van der Waals surface area contributed by atoms with E-state index in [0.29, 0.717) is 5.92 Å². The second kappa shape index (κ2) is 14.4. The van der Waals surface area contributed by atoms with Gasteiger partial charge in [-0.3, -0.25) is 15.0 Å². The molecule has 0 amide bonds. The predicted octanol–water partition coefficient (Wildman–Crippen LogP) is 11.1. The molecule has 58 heavy (non-hydrogen) atoms. The van der Waals surface area contributed by atoms with Crippen molar-refractivity contribution in [3.63, 3.8) is 0 Å². The van der Waals surface area contributed by atoms with Gasteiger partial charge in [0.15, 0.2) is 0 Å². The van der Waals surface area contributed by atoms with Crippen molar-refractivity contribution in [3.8, 4) is 44.6 Å². The summed E-state index contributed by atoms with van der Waals surface area (Å²) in [5, 5.41) is 8.09. The molecular weight excluding hydrogens is 707 g/mol. The lowest BCUT2D eigenvalue weighted by Crippen LogP contribution is -2.34. The minimum Gasteiger partial charge on any atom is -0.381 e. The summed E-state index contributed by atoms with van der Waals surface area (Å²) in [7, 11) is 0. The number of hydrogen-bond acceptors (Lipinski definition) is 5. The zero-order valence-electron chi connectivity index (χ0n) is 31.9. The number of para-hydroxylation sites is 2. The van der Waals surface area contributed by atoms with Gasteiger partial charge in [-0.05, 0) is 106 Å². The average Bonchev–Trinajstić information content (AvgIpc) is 3.30. The molecule has 0 fully saturated rings. The minimum atomic E-state index is 0.178. The Kier molecular flexibility index (Phi) is 8.43. The topological polar surface area (TPSA) is 63.1 Å². The Hall–Kier alpha value is -7.24. The normalized spacial score (nSPS) is 16.8. The highest BCUT2D eigenvalue weighted by Gasteiger charge is 2.22. The number of nitrogens with zero attached hydrogens (tertiary/aromatic N) is 4. The summed E-state index contributed by atoms with van der Waals surface area (Å²) >= 11 is 0. The van der Waals surface area contributed by atoms with Gasteiger partial charge in [-0.2, -0.15) is 0 Å². The van der Waals surface area contributed by atoms with Gasteiger partial charge in [0.25, 0.3) is 0 Å². The third kappa shape index (κ3) is 6.31. The van der Waals surface area contributed by atoms with Crippen LogP contribution >= 0.6 is 0 Å². The molecule has 0 spiro atoms. The van der Waals surface area contributed by atoms with E-state index in [1.54, 1.807) is 0 Å². The van der Waals surface area contributed by atoms with E-state index in [4.69, 9.17) is 15.0 Å². The van der Waals surface area contributed by atoms with E-state index in [1.165, 1.54) is 21.9 Å². The fraction of sp³-hybridized carbons (Fsp3) is 0.0943. The number of pyridine rings is 3. The Morgan fingerprint density at radius 3 is 2.36 bits per heavy atom. The van der Waals surface area contributed by atoms with Gasteiger partial charge in [0.05, 0.1) is 33.8 Å². The number of hydrogen-bond donors (Lipinski definition) is 1. The van der Waals surface area contributed by atoms with Crippen LogP contribution in [0, 0.1) is 5.92 Å². The summed E-state index contributed by atoms with van der Waals surface area (Å²) in [5.74, 6) is 0.323. The first-order valence-electron chi connectivity index (χ1n) is 20.1. The second-order valence-electron chi connectivity index (χ2n) is 15.4. The van der Waals surface area contributed by atoms with Gasteiger partial charge in [-0.1, -0.05) is 115 Å². The Morgan fingerprint density at radius 1 is 0.569 bits per heavy atom. The van der Waals surface area contributed by atoms with Crippen LogP contribution in [0.1, 0.15) is 24.1 Å². The molecule has 5 nitrogen and oxygen atoms in total. The molecule has 8 aromatic rings. The van der Waals surface area contributed by atoms with Crippen molar-refractivity contribution in [2.24, 2.45) is 10.9 Å². The van der Waals surface area contributed by atoms with E-state index in [-0.39, 0.29) is 6.04 Å². The zero-order valence-corrected chi connectivity index (χ0v) is 31.9. The van der Waals surface area contributed by atoms with Crippen molar-refractivity contribution in [1.29, 1.82) is 0 Å². The van der Waals surface area contributed by atoms with Crippen molar-refractivity contribution < 1.29 is 0 Å². The summed E-state index contributed by atoms with van der Waals surface area (Å²) in [4.78, 5) is 20.1. The number of aromatic nitrogens is 3. The third-order valence-corrected chi connectivity index (χ3v) is 11.8. The average molecular weight is 746 g/mol. The van der Waals surface area contributed by atoms with E-state index in [0.717, 1.165) is 97.0 Å². The van der Waals surface area contributed by atoms with Crippen LogP contribution in [0.25, 0.3) is 84.2 Å². The smallest absolute Gasteiger partial charge is 0.0780 e. The maximum absolute atomic E-state index is 5.34. The Labute approximate surface area is 337 Å². The number of benzene rings is 5. The number of anilines is 1. The van der Waals surface area contributed by atoms with Crippen LogP contribution in [0.3, 0.4) is 0 Å². The zero-order chi connectivity index (χ0) is 38.4. The first kappa shape index (κ1) is 34.0. The fourth-order valence-corrected chi connectivity index (χ4v) is 8.81. The standard InChI is InChI=1S/C53H39N5/c1-2-25-54-47(16-1)39-10-3-11-40(28-39)48-23-21-35-18-20-41(33-51(35)57-48)49-24-22-34-17-19-38(32-50(34)58-49)42-29-43(45-14-4-8-36-12-6-26-55-52(36)45)31-44(30-42)46-15-5-9-37-13-7-27-56-53(37)46/h1-10,12-22,24-26,28-33,40,48,56H,11,23,27H2. The molecule has 5 heterocycles. The predicted molar refractivity (Wildman–Crippen MR) is 239 cm³/mol. The van der Waals surface area contributed by atoms with Gasteiger partial charge >= 0.3 is 0 Å². The van der Waals surface area contributed by atoms with E-state index >= 15 is 0 Å². The van der Waals surface area contributed by atoms with Gasteiger partial charge in [0.1, 0.15) is 0 Å². The maximum Gasteiger partial charge on any atom is 0.0780 e. The van der Waals surface area contributed by atoms with Crippen LogP contribution in [0.4, 0.5) is 5.69 Å². The van der Waals surface area contributed by atoms with E-state index < -0.39 is 0 Å². The third-order valence-electron chi connectivity index (χ3n) is 11.8. The van der Waals surface area contributed by atoms with Gasteiger partial charge in [0, 0.05) is 58.0 Å². The molecule has 0 saturated carbocycles. The van der Waals surface area contributed by atoms with E-state index in [9.17, 15) is 0 Å². The number of nitrogens with one attached hydrogen (secondary N) is 1. The minimum absolute atomic E-state index is 0.178. The molecule has 3 aliphatic rings. The quantitative estimate of drug-likeness (QED) is 0.184. The molecule has 0 bridgehead atoms. The lowest BCUT2D eigenvalue weighted by molar-refractivity contribution is 0.503. The molecule has 1 aliphatic carbocycles. The summed E-state index contributed by atoms with van der Waals surface area (Å²) in [5.41, 5.74) is 15.3. The Balaban J connectivity index is 0.980. The summed E-state index contributed by atoms with van der Waals surface area (Å²) in [6.07, 6.45) is 19.2. The Morgan fingerprint density at radius 2 is 1.41 bits per heavy atom. The van der Waals surface area contributed by atoms with Crippen LogP contribution in [0.2, 0.25) is 0 Å². The highest BCUT2D eigenvalue weighted by atomic mass is 14.9. The van der Waals surface area contributed by atoms with Gasteiger partial charge < -0.3 is 5.32 Å². The first-order valence-corrected chi connectivity index (χ1v) is 20.1. The van der Waals surface area contributed by atoms with Crippen molar-refractivity contribution >= 4 is 45.2 Å². The molecule has 0 saturated heterocycles. The molecule has 2 unspecified atom stereocenters. The molecule has 11 rings (SSSR count). The van der Waals surface area contributed by atoms with Crippen molar-refractivity contribution in [2.45, 2.75) is 18.9 Å². The summed E-state index contributed by atoms with van der Waals surface area (Å²) in [6.45, 7) is 0.808. The first-order chi connectivity index (χ1) is 28.7. The lowest BCUT2D eigenvalue weighted by atomic mass is 9.86. The second-order valence-corrected chi connectivity index (χ2v) is 15.4. The molecule has 2 atom stereocenters. The van der Waals surface area contributed by atoms with Crippen molar-refractivity contribution in [1.82, 2.24) is 15.0 Å². The monoisotopic (exact) mass is 745 g/mol. The molecular formula is C53H39N5. The molecule has 276 valence electrons. The number of allylic oxidation sites excluding steroid dienone is 3. The van der Waals surface area contributed by atoms with Crippen LogP contribution in [0.15, 0.2) is 175 Å². The van der Waals surface area contributed by atoms with E-state index in [2.05, 4.69) is 162 Å². The highest BCUT2D eigenvalue weighted by Crippen LogP contribution is 2.40. The van der Waals surface area contributed by atoms with Crippen LogP contribution < -0.4 is 15.9 Å². The number of rotatable bonds is 6. The lowest BCUT2D eigenvalue weighted by Gasteiger charge is -2.24. The van der Waals surface area contributed by atoms with E-state index in [1.807, 2.05) is 30.6 Å². The molecule has 1 N–H and O–H groups in total. The van der Waals surface area contributed by atoms with Gasteiger partial charge in [-0.25, -0.2) is 4.98 Å². The molecule has 5 heteroatoms. The maximum atomic E-state index is 5.34. The molecule has 5 aromatic carbocycles. The molecule has 3 aromatic heterocycles. The summed E-state index contributed by atoms with van der Waals surface area (Å²) < 4.78 is 0. The van der Waals surface area contributed by atoms with Crippen LogP contribution in [-0.4, -0.2) is 27.5 Å². The Bertz CT molecular complexity index is 3140. The number of fused-ring (bicyclic) bond motifs is 4.